The molecule has 1 aromatic rings. The first kappa shape index (κ1) is 16.7. The Hall–Kier alpha value is -0.340. The Labute approximate surface area is 127 Å². The van der Waals surface area contributed by atoms with Crippen molar-refractivity contribution in [2.24, 2.45) is 0 Å². The molecule has 0 aliphatic rings. The maximum absolute atomic E-state index is 2.31. The fraction of sp³-hybridized carbons (Fsp3) is 0.529. The number of allylic oxidation sites excluding steroid dienone is 1. The van der Waals surface area contributed by atoms with Crippen LogP contribution in [0.4, 0.5) is 0 Å². The molecule has 0 unspecified atom stereocenters. The van der Waals surface area contributed by atoms with Crippen molar-refractivity contribution in [2.45, 2.75) is 56.8 Å². The van der Waals surface area contributed by atoms with Gasteiger partial charge in [-0.05, 0) is 41.5 Å². The van der Waals surface area contributed by atoms with Crippen molar-refractivity contribution in [1.29, 1.82) is 0 Å². The van der Waals surface area contributed by atoms with Crippen LogP contribution in [-0.2, 0) is 0 Å². The molecule has 106 valence electrons. The van der Waals surface area contributed by atoms with Gasteiger partial charge in [-0.25, -0.2) is 0 Å². The van der Waals surface area contributed by atoms with Gasteiger partial charge in [-0.2, -0.15) is 0 Å². The first-order valence-corrected chi connectivity index (χ1v) is 9.42. The number of rotatable bonds is 10. The Morgan fingerprint density at radius 1 is 1.00 bits per heavy atom. The summed E-state index contributed by atoms with van der Waals surface area (Å²) in [5.41, 5.74) is 0. The average molecular weight is 295 g/mol. The van der Waals surface area contributed by atoms with Gasteiger partial charge < -0.3 is 0 Å². The van der Waals surface area contributed by atoms with Gasteiger partial charge in [-0.3, -0.25) is 0 Å². The molecule has 2 heteroatoms. The van der Waals surface area contributed by atoms with Crippen LogP contribution in [0.5, 0.6) is 0 Å². The van der Waals surface area contributed by atoms with Crippen LogP contribution in [0, 0.1) is 0 Å². The SMILES string of the molecule is CCCCCCCC/C(=C\SC)Sc1ccccc1. The molecule has 0 saturated carbocycles. The predicted octanol–water partition coefficient (Wildman–Crippen LogP) is 6.73. The topological polar surface area (TPSA) is 0 Å². The van der Waals surface area contributed by atoms with E-state index in [2.05, 4.69) is 48.9 Å². The Morgan fingerprint density at radius 3 is 2.37 bits per heavy atom. The van der Waals surface area contributed by atoms with Crippen LogP contribution in [0.25, 0.3) is 0 Å². The molecule has 19 heavy (non-hydrogen) atoms. The summed E-state index contributed by atoms with van der Waals surface area (Å²) in [5, 5.41) is 2.31. The maximum atomic E-state index is 2.31. The van der Waals surface area contributed by atoms with E-state index < -0.39 is 0 Å². The predicted molar refractivity (Wildman–Crippen MR) is 91.9 cm³/mol. The molecule has 1 aromatic carbocycles. The molecule has 0 heterocycles. The normalized spacial score (nSPS) is 11.8. The van der Waals surface area contributed by atoms with E-state index in [-0.39, 0.29) is 0 Å². The minimum absolute atomic E-state index is 1.23. The monoisotopic (exact) mass is 294 g/mol. The van der Waals surface area contributed by atoms with Crippen LogP contribution in [0.2, 0.25) is 0 Å². The molecular formula is C17H26S2. The van der Waals surface area contributed by atoms with Gasteiger partial charge in [0, 0.05) is 4.90 Å². The molecule has 0 aromatic heterocycles. The highest BCUT2D eigenvalue weighted by molar-refractivity contribution is 8.05. The van der Waals surface area contributed by atoms with E-state index in [0.29, 0.717) is 0 Å². The first-order valence-electron chi connectivity index (χ1n) is 7.31. The zero-order valence-corrected chi connectivity index (χ0v) is 13.9. The van der Waals surface area contributed by atoms with Crippen LogP contribution < -0.4 is 0 Å². The standard InChI is InChI=1S/C17H26S2/c1-3-4-5-6-7-9-14-17(15-18-2)19-16-12-10-8-11-13-16/h8,10-13,15H,3-7,9,14H2,1-2H3/b17-15+. The van der Waals surface area contributed by atoms with Crippen LogP contribution in [0.15, 0.2) is 45.5 Å². The van der Waals surface area contributed by atoms with E-state index in [0.717, 1.165) is 0 Å². The Kier molecular flexibility index (Phi) is 10.1. The van der Waals surface area contributed by atoms with Gasteiger partial charge in [0.25, 0.3) is 0 Å². The van der Waals surface area contributed by atoms with Crippen molar-refractivity contribution in [3.05, 3.63) is 40.6 Å². The maximum Gasteiger partial charge on any atom is 0.0119 e. The van der Waals surface area contributed by atoms with E-state index in [1.807, 2.05) is 23.5 Å². The average Bonchev–Trinajstić information content (AvgIpc) is 2.44. The van der Waals surface area contributed by atoms with E-state index in [9.17, 15) is 0 Å². The summed E-state index contributed by atoms with van der Waals surface area (Å²) in [4.78, 5) is 2.86. The number of thioether (sulfide) groups is 2. The molecule has 1 rings (SSSR count). The van der Waals surface area contributed by atoms with Crippen molar-refractivity contribution in [1.82, 2.24) is 0 Å². The molecule has 0 amide bonds. The summed E-state index contributed by atoms with van der Waals surface area (Å²) < 4.78 is 0. The summed E-state index contributed by atoms with van der Waals surface area (Å²) in [6, 6.07) is 10.7. The minimum atomic E-state index is 1.23. The Balaban J connectivity index is 2.27. The van der Waals surface area contributed by atoms with Gasteiger partial charge in [-0.15, -0.1) is 11.8 Å². The molecule has 0 spiro atoms. The van der Waals surface area contributed by atoms with Crippen molar-refractivity contribution in [3.8, 4) is 0 Å². The summed E-state index contributed by atoms with van der Waals surface area (Å²) in [6.07, 6.45) is 11.6. The third-order valence-electron chi connectivity index (χ3n) is 3.02. The highest BCUT2D eigenvalue weighted by Gasteiger charge is 2.01. The van der Waals surface area contributed by atoms with E-state index in [1.165, 1.54) is 54.7 Å². The third kappa shape index (κ3) is 8.43. The quantitative estimate of drug-likeness (QED) is 0.346. The lowest BCUT2D eigenvalue weighted by molar-refractivity contribution is 0.610. The van der Waals surface area contributed by atoms with E-state index in [1.54, 1.807) is 0 Å². The molecule has 0 atom stereocenters. The fourth-order valence-electron chi connectivity index (χ4n) is 1.98. The van der Waals surface area contributed by atoms with E-state index >= 15 is 0 Å². The second kappa shape index (κ2) is 11.5. The van der Waals surface area contributed by atoms with Crippen molar-refractivity contribution in [2.75, 3.05) is 6.26 Å². The molecular weight excluding hydrogens is 268 g/mol. The molecule has 0 fully saturated rings. The summed E-state index contributed by atoms with van der Waals surface area (Å²) in [6.45, 7) is 2.27. The van der Waals surface area contributed by atoms with Crippen molar-refractivity contribution in [3.63, 3.8) is 0 Å². The molecule has 0 N–H and O–H groups in total. The molecule has 0 saturated heterocycles. The van der Waals surface area contributed by atoms with Crippen molar-refractivity contribution < 1.29 is 0 Å². The number of unbranched alkanes of at least 4 members (excludes halogenated alkanes) is 5. The number of hydrogen-bond donors (Lipinski definition) is 0. The van der Waals surface area contributed by atoms with Crippen LogP contribution in [0.1, 0.15) is 51.9 Å². The van der Waals surface area contributed by atoms with Gasteiger partial charge in [-0.1, -0.05) is 69.0 Å². The van der Waals surface area contributed by atoms with Gasteiger partial charge in [0.05, 0.1) is 0 Å². The van der Waals surface area contributed by atoms with Gasteiger partial charge in [0.15, 0.2) is 0 Å². The van der Waals surface area contributed by atoms with Gasteiger partial charge in [0.1, 0.15) is 0 Å². The molecule has 0 aliphatic carbocycles. The highest BCUT2D eigenvalue weighted by Crippen LogP contribution is 2.31. The Morgan fingerprint density at radius 2 is 1.68 bits per heavy atom. The van der Waals surface area contributed by atoms with Crippen LogP contribution >= 0.6 is 23.5 Å². The summed E-state index contributed by atoms with van der Waals surface area (Å²) in [5.74, 6) is 0. The molecule has 0 bridgehead atoms. The second-order valence-corrected chi connectivity index (χ2v) is 6.66. The van der Waals surface area contributed by atoms with E-state index in [4.69, 9.17) is 0 Å². The second-order valence-electron chi connectivity index (χ2n) is 4.75. The largest absolute Gasteiger partial charge is 0.137 e. The fourth-order valence-corrected chi connectivity index (χ4v) is 3.69. The lowest BCUT2D eigenvalue weighted by Crippen LogP contribution is -1.82. The molecule has 0 nitrogen and oxygen atoms in total. The van der Waals surface area contributed by atoms with Gasteiger partial charge >= 0.3 is 0 Å². The zero-order chi connectivity index (χ0) is 13.8. The first-order chi connectivity index (χ1) is 9.36. The lowest BCUT2D eigenvalue weighted by Gasteiger charge is -2.07. The lowest BCUT2D eigenvalue weighted by atomic mass is 10.1. The summed E-state index contributed by atoms with van der Waals surface area (Å²) >= 11 is 3.74. The van der Waals surface area contributed by atoms with Crippen LogP contribution in [-0.4, -0.2) is 6.26 Å². The smallest absolute Gasteiger partial charge is 0.0119 e. The zero-order valence-electron chi connectivity index (χ0n) is 12.2. The highest BCUT2D eigenvalue weighted by atomic mass is 32.2. The van der Waals surface area contributed by atoms with Crippen LogP contribution in [0.3, 0.4) is 0 Å². The molecule has 0 aliphatic heterocycles. The number of hydrogen-bond acceptors (Lipinski definition) is 2. The van der Waals surface area contributed by atoms with Gasteiger partial charge in [0.2, 0.25) is 0 Å². The molecule has 0 radical (unpaired) electrons. The summed E-state index contributed by atoms with van der Waals surface area (Å²) in [7, 11) is 0. The van der Waals surface area contributed by atoms with Crippen molar-refractivity contribution >= 4 is 23.5 Å². The number of benzene rings is 1. The Bertz CT molecular complexity index is 344. The minimum Gasteiger partial charge on any atom is -0.137 e. The third-order valence-corrected chi connectivity index (χ3v) is 4.78.